The zero-order chi connectivity index (χ0) is 23.8. The zero-order valence-corrected chi connectivity index (χ0v) is 18.3. The van der Waals surface area contributed by atoms with Crippen molar-refractivity contribution in [2.45, 2.75) is 25.9 Å². The number of carbonyl (C=O) groups is 2. The van der Waals surface area contributed by atoms with Crippen molar-refractivity contribution in [1.29, 1.82) is 0 Å². The van der Waals surface area contributed by atoms with Crippen LogP contribution in [0.4, 0.5) is 13.2 Å². The maximum atomic E-state index is 13.2. The number of ether oxygens (including phenoxy) is 2. The third-order valence-corrected chi connectivity index (χ3v) is 5.37. The minimum Gasteiger partial charge on any atom is -0.466 e. The lowest BCUT2D eigenvalue weighted by Gasteiger charge is -2.28. The van der Waals surface area contributed by atoms with E-state index in [-0.39, 0.29) is 33.3 Å². The van der Waals surface area contributed by atoms with Gasteiger partial charge in [0, 0.05) is 17.0 Å². The number of halogens is 4. The highest BCUT2D eigenvalue weighted by Crippen LogP contribution is 2.42. The van der Waals surface area contributed by atoms with E-state index in [4.69, 9.17) is 25.5 Å². The van der Waals surface area contributed by atoms with Crippen LogP contribution in [-0.4, -0.2) is 26.2 Å². The molecular formula is C22H19ClF3NO5. The first-order valence-corrected chi connectivity index (χ1v) is 9.69. The number of methoxy groups -OCH3 is 2. The summed E-state index contributed by atoms with van der Waals surface area (Å²) in [4.78, 5) is 25.1. The summed E-state index contributed by atoms with van der Waals surface area (Å²) in [5.74, 6) is -2.24. The van der Waals surface area contributed by atoms with E-state index in [2.05, 4.69) is 5.32 Å². The molecule has 3 rings (SSSR count). The van der Waals surface area contributed by atoms with Crippen molar-refractivity contribution in [3.63, 3.8) is 0 Å². The number of furan rings is 1. The lowest BCUT2D eigenvalue weighted by molar-refractivity contribution is -0.138. The SMILES string of the molecule is COC(=O)C1=C(C)NC(C)=C(C(=O)OC)C1c1ccc(-c2cc(C(F)(F)F)ccc2Cl)o1. The molecule has 0 fully saturated rings. The first-order chi connectivity index (χ1) is 15.0. The van der Waals surface area contributed by atoms with Crippen LogP contribution in [0.15, 0.2) is 57.3 Å². The molecule has 1 aromatic heterocycles. The molecule has 1 aromatic carbocycles. The van der Waals surface area contributed by atoms with Crippen LogP contribution in [0.2, 0.25) is 5.02 Å². The Morgan fingerprint density at radius 1 is 1.00 bits per heavy atom. The molecule has 10 heteroatoms. The Labute approximate surface area is 186 Å². The monoisotopic (exact) mass is 469 g/mol. The number of rotatable bonds is 4. The Balaban J connectivity index is 2.17. The maximum Gasteiger partial charge on any atom is 0.416 e. The average Bonchev–Trinajstić information content (AvgIpc) is 3.21. The van der Waals surface area contributed by atoms with Crippen LogP contribution in [-0.2, 0) is 25.2 Å². The average molecular weight is 470 g/mol. The standard InChI is InChI=1S/C22H19ClF3NO5/c1-10-17(20(28)30-3)19(18(11(2)27-10)21(29)31-4)16-8-7-15(32-16)13-9-12(22(24,25)26)5-6-14(13)23/h5-9,19,27H,1-4H3. The molecule has 0 radical (unpaired) electrons. The molecule has 0 unspecified atom stereocenters. The molecule has 2 heterocycles. The second-order valence-corrected chi connectivity index (χ2v) is 7.42. The van der Waals surface area contributed by atoms with Gasteiger partial charge in [-0.3, -0.25) is 0 Å². The molecule has 0 atom stereocenters. The van der Waals surface area contributed by atoms with E-state index in [1.807, 2.05) is 0 Å². The number of dihydropyridines is 1. The summed E-state index contributed by atoms with van der Waals surface area (Å²) >= 11 is 6.12. The van der Waals surface area contributed by atoms with Gasteiger partial charge in [-0.1, -0.05) is 11.6 Å². The number of alkyl halides is 3. The normalized spacial score (nSPS) is 15.0. The highest BCUT2D eigenvalue weighted by Gasteiger charge is 2.39. The van der Waals surface area contributed by atoms with Crippen LogP contribution < -0.4 is 5.32 Å². The highest BCUT2D eigenvalue weighted by molar-refractivity contribution is 6.33. The molecule has 0 saturated carbocycles. The summed E-state index contributed by atoms with van der Waals surface area (Å²) in [6, 6.07) is 5.76. The smallest absolute Gasteiger partial charge is 0.416 e. The predicted octanol–water partition coefficient (Wildman–Crippen LogP) is 5.20. The van der Waals surface area contributed by atoms with E-state index in [0.717, 1.165) is 18.2 Å². The lowest BCUT2D eigenvalue weighted by atomic mass is 9.83. The van der Waals surface area contributed by atoms with Crippen LogP contribution in [0.3, 0.4) is 0 Å². The highest BCUT2D eigenvalue weighted by atomic mass is 35.5. The molecule has 1 aliphatic heterocycles. The van der Waals surface area contributed by atoms with Crippen LogP contribution in [0, 0.1) is 0 Å². The van der Waals surface area contributed by atoms with E-state index < -0.39 is 29.6 Å². The molecule has 32 heavy (non-hydrogen) atoms. The Hall–Kier alpha value is -3.20. The second kappa shape index (κ2) is 8.74. The van der Waals surface area contributed by atoms with Gasteiger partial charge in [-0.25, -0.2) is 9.59 Å². The van der Waals surface area contributed by atoms with Crippen LogP contribution in [0.25, 0.3) is 11.3 Å². The van der Waals surface area contributed by atoms with Gasteiger partial charge in [-0.15, -0.1) is 0 Å². The summed E-state index contributed by atoms with van der Waals surface area (Å²) in [5, 5.41) is 3.00. The second-order valence-electron chi connectivity index (χ2n) is 7.01. The molecule has 0 amide bonds. The van der Waals surface area contributed by atoms with Crippen molar-refractivity contribution in [3.8, 4) is 11.3 Å². The van der Waals surface area contributed by atoms with Gasteiger partial charge >= 0.3 is 18.1 Å². The number of allylic oxidation sites excluding steroid dienone is 2. The summed E-state index contributed by atoms with van der Waals surface area (Å²) in [6.07, 6.45) is -4.57. The molecule has 0 spiro atoms. The van der Waals surface area contributed by atoms with Gasteiger partial charge in [0.1, 0.15) is 11.5 Å². The van der Waals surface area contributed by atoms with Crippen molar-refractivity contribution in [3.05, 3.63) is 69.2 Å². The van der Waals surface area contributed by atoms with E-state index in [1.165, 1.54) is 26.4 Å². The third kappa shape index (κ3) is 4.25. The Morgan fingerprint density at radius 2 is 1.56 bits per heavy atom. The third-order valence-electron chi connectivity index (χ3n) is 5.04. The molecule has 6 nitrogen and oxygen atoms in total. The minimum atomic E-state index is -4.57. The number of hydrogen-bond donors (Lipinski definition) is 1. The first-order valence-electron chi connectivity index (χ1n) is 9.31. The van der Waals surface area contributed by atoms with Crippen molar-refractivity contribution in [2.75, 3.05) is 14.2 Å². The van der Waals surface area contributed by atoms with Gasteiger partial charge in [-0.2, -0.15) is 13.2 Å². The van der Waals surface area contributed by atoms with Crippen LogP contribution in [0.1, 0.15) is 31.1 Å². The molecule has 170 valence electrons. The quantitative estimate of drug-likeness (QED) is 0.620. The van der Waals surface area contributed by atoms with Gasteiger partial charge in [-0.05, 0) is 44.2 Å². The molecule has 2 aromatic rings. The van der Waals surface area contributed by atoms with E-state index in [9.17, 15) is 22.8 Å². The Kier molecular flexibility index (Phi) is 6.41. The molecule has 0 bridgehead atoms. The number of nitrogens with one attached hydrogen (secondary N) is 1. The van der Waals surface area contributed by atoms with E-state index in [0.29, 0.717) is 11.4 Å². The fourth-order valence-electron chi connectivity index (χ4n) is 3.58. The summed E-state index contributed by atoms with van der Waals surface area (Å²) in [7, 11) is 2.39. The summed E-state index contributed by atoms with van der Waals surface area (Å²) < 4.78 is 55.1. The number of esters is 2. The van der Waals surface area contributed by atoms with Crippen molar-refractivity contribution in [2.24, 2.45) is 0 Å². The molecule has 1 aliphatic rings. The Bertz CT molecular complexity index is 1110. The topological polar surface area (TPSA) is 77.8 Å². The Morgan fingerprint density at radius 3 is 2.06 bits per heavy atom. The summed E-state index contributed by atoms with van der Waals surface area (Å²) in [6.45, 7) is 3.26. The van der Waals surface area contributed by atoms with Gasteiger partial charge in [0.15, 0.2) is 0 Å². The van der Waals surface area contributed by atoms with E-state index in [1.54, 1.807) is 13.8 Å². The van der Waals surface area contributed by atoms with Crippen LogP contribution >= 0.6 is 11.6 Å². The zero-order valence-electron chi connectivity index (χ0n) is 17.5. The molecule has 1 N–H and O–H groups in total. The molecular weight excluding hydrogens is 451 g/mol. The van der Waals surface area contributed by atoms with Gasteiger partial charge in [0.2, 0.25) is 0 Å². The minimum absolute atomic E-state index is 0.0160. The largest absolute Gasteiger partial charge is 0.466 e. The fraction of sp³-hybridized carbons (Fsp3) is 0.273. The lowest BCUT2D eigenvalue weighted by Crippen LogP contribution is -2.31. The van der Waals surface area contributed by atoms with Crippen LogP contribution in [0.5, 0.6) is 0 Å². The first kappa shape index (κ1) is 23.5. The van der Waals surface area contributed by atoms with Gasteiger partial charge in [0.25, 0.3) is 0 Å². The van der Waals surface area contributed by atoms with Crippen molar-refractivity contribution < 1.29 is 36.7 Å². The number of carbonyl (C=O) groups excluding carboxylic acids is 2. The van der Waals surface area contributed by atoms with Crippen molar-refractivity contribution >= 4 is 23.5 Å². The fourth-order valence-corrected chi connectivity index (χ4v) is 3.79. The summed E-state index contributed by atoms with van der Waals surface area (Å²) in [5.41, 5.74) is 0.198. The van der Waals surface area contributed by atoms with E-state index >= 15 is 0 Å². The molecule has 0 aliphatic carbocycles. The maximum absolute atomic E-state index is 13.2. The van der Waals surface area contributed by atoms with Gasteiger partial charge in [0.05, 0.1) is 41.9 Å². The number of benzene rings is 1. The predicted molar refractivity (Wildman–Crippen MR) is 109 cm³/mol. The number of hydrogen-bond acceptors (Lipinski definition) is 6. The van der Waals surface area contributed by atoms with Crippen molar-refractivity contribution in [1.82, 2.24) is 5.32 Å². The van der Waals surface area contributed by atoms with Gasteiger partial charge < -0.3 is 19.2 Å². The molecule has 0 saturated heterocycles.